The van der Waals surface area contributed by atoms with Crippen LogP contribution in [0.3, 0.4) is 0 Å². The van der Waals surface area contributed by atoms with Crippen LogP contribution in [0.4, 0.5) is 4.79 Å². The van der Waals surface area contributed by atoms with E-state index in [0.29, 0.717) is 28.3 Å². The van der Waals surface area contributed by atoms with Gasteiger partial charge in [-0.3, -0.25) is 14.5 Å². The Labute approximate surface area is 168 Å². The van der Waals surface area contributed by atoms with Crippen LogP contribution in [0.25, 0.3) is 0 Å². The van der Waals surface area contributed by atoms with Crippen LogP contribution in [0.5, 0.6) is 5.75 Å². The minimum Gasteiger partial charge on any atom is -0.491 e. The highest BCUT2D eigenvalue weighted by molar-refractivity contribution is 6.30. The third kappa shape index (κ3) is 3.60. The number of nitrogens with one attached hydrogen (secondary N) is 1. The van der Waals surface area contributed by atoms with Gasteiger partial charge in [-0.2, -0.15) is 0 Å². The van der Waals surface area contributed by atoms with Crippen LogP contribution < -0.4 is 10.1 Å². The normalized spacial score (nSPS) is 18.9. The van der Waals surface area contributed by atoms with Gasteiger partial charge in [0.25, 0.3) is 5.91 Å². The lowest BCUT2D eigenvalue weighted by Crippen LogP contribution is -2.43. The molecule has 3 amide bonds. The zero-order valence-corrected chi connectivity index (χ0v) is 16.5. The van der Waals surface area contributed by atoms with Gasteiger partial charge in [0.2, 0.25) is 0 Å². The largest absolute Gasteiger partial charge is 0.491 e. The van der Waals surface area contributed by atoms with E-state index >= 15 is 0 Å². The van der Waals surface area contributed by atoms with Crippen molar-refractivity contribution in [2.45, 2.75) is 25.8 Å². The average molecular weight is 401 g/mol. The first kappa shape index (κ1) is 19.9. The van der Waals surface area contributed by atoms with Crippen molar-refractivity contribution in [1.29, 1.82) is 0 Å². The number of benzene rings is 2. The predicted molar refractivity (Wildman–Crippen MR) is 106 cm³/mol. The minimum absolute atomic E-state index is 0.0756. The van der Waals surface area contributed by atoms with E-state index in [1.165, 1.54) is 6.92 Å². The molecule has 2 aromatic rings. The van der Waals surface area contributed by atoms with Gasteiger partial charge in [-0.05, 0) is 43.2 Å². The lowest BCUT2D eigenvalue weighted by Gasteiger charge is -2.26. The molecule has 3 rings (SSSR count). The summed E-state index contributed by atoms with van der Waals surface area (Å²) < 4.78 is 5.67. The van der Waals surface area contributed by atoms with E-state index in [2.05, 4.69) is 5.32 Å². The lowest BCUT2D eigenvalue weighted by molar-refractivity contribution is -0.132. The maximum atomic E-state index is 13.1. The molecule has 28 heavy (non-hydrogen) atoms. The van der Waals surface area contributed by atoms with Gasteiger partial charge in [-0.1, -0.05) is 42.8 Å². The highest BCUT2D eigenvalue weighted by Crippen LogP contribution is 2.33. The molecular weight excluding hydrogens is 380 g/mol. The molecule has 0 radical (unpaired) electrons. The molecule has 146 valence electrons. The maximum absolute atomic E-state index is 13.1. The van der Waals surface area contributed by atoms with E-state index in [-0.39, 0.29) is 24.8 Å². The number of hydrogen-bond donors (Lipinski definition) is 1. The van der Waals surface area contributed by atoms with Crippen molar-refractivity contribution in [1.82, 2.24) is 10.2 Å². The zero-order valence-electron chi connectivity index (χ0n) is 15.7. The van der Waals surface area contributed by atoms with Crippen molar-refractivity contribution < 1.29 is 19.1 Å². The Kier molecular flexibility index (Phi) is 5.70. The molecule has 0 spiro atoms. The minimum atomic E-state index is -1.11. The van der Waals surface area contributed by atoms with Crippen LogP contribution in [0.2, 0.25) is 5.02 Å². The van der Waals surface area contributed by atoms with E-state index in [1.807, 2.05) is 6.92 Å². The molecule has 0 bridgehead atoms. The van der Waals surface area contributed by atoms with Crippen molar-refractivity contribution in [3.05, 3.63) is 64.7 Å². The molecule has 1 fully saturated rings. The fourth-order valence-corrected chi connectivity index (χ4v) is 3.46. The number of rotatable bonds is 7. The molecule has 1 heterocycles. The van der Waals surface area contributed by atoms with Crippen molar-refractivity contribution >= 4 is 29.3 Å². The Bertz CT molecular complexity index is 913. The molecule has 1 N–H and O–H groups in total. The Morgan fingerprint density at radius 1 is 1.14 bits per heavy atom. The van der Waals surface area contributed by atoms with Gasteiger partial charge in [0.05, 0.1) is 12.1 Å². The number of imide groups is 1. The van der Waals surface area contributed by atoms with Gasteiger partial charge in [0.15, 0.2) is 5.78 Å². The number of Topliss-reactive ketones (excluding diaryl/α,β-unsaturated/α-hetero) is 1. The van der Waals surface area contributed by atoms with Crippen LogP contribution >= 0.6 is 11.6 Å². The Hall–Kier alpha value is -2.86. The standard InChI is InChI=1S/C21H21ClN2O4/c1-3-21(15-8-10-16(22)11-9-15)19(26)24(20(27)23-21)12-13-28-18-7-5-4-6-17(18)14(2)25/h4-11H,3,12-13H2,1-2H3,(H,23,27). The molecular formula is C21H21ClN2O4. The fourth-order valence-electron chi connectivity index (χ4n) is 3.33. The van der Waals surface area contributed by atoms with E-state index in [9.17, 15) is 14.4 Å². The van der Waals surface area contributed by atoms with E-state index < -0.39 is 11.6 Å². The number of hydrogen-bond acceptors (Lipinski definition) is 4. The number of amides is 3. The maximum Gasteiger partial charge on any atom is 0.325 e. The molecule has 1 aliphatic heterocycles. The van der Waals surface area contributed by atoms with Crippen LogP contribution in [0.1, 0.15) is 36.2 Å². The summed E-state index contributed by atoms with van der Waals surface area (Å²) in [4.78, 5) is 38.4. The smallest absolute Gasteiger partial charge is 0.325 e. The molecule has 1 aliphatic rings. The Balaban J connectivity index is 1.74. The number of urea groups is 1. The Morgan fingerprint density at radius 3 is 2.46 bits per heavy atom. The average Bonchev–Trinajstić information content (AvgIpc) is 2.93. The van der Waals surface area contributed by atoms with Crippen LogP contribution in [0, 0.1) is 0 Å². The molecule has 0 aliphatic carbocycles. The molecule has 0 aromatic heterocycles. The van der Waals surface area contributed by atoms with Gasteiger partial charge >= 0.3 is 6.03 Å². The van der Waals surface area contributed by atoms with E-state index in [1.54, 1.807) is 48.5 Å². The summed E-state index contributed by atoms with van der Waals surface area (Å²) in [6, 6.07) is 13.3. The quantitative estimate of drug-likeness (QED) is 0.567. The number of nitrogens with zero attached hydrogens (tertiary/aromatic N) is 1. The Morgan fingerprint density at radius 2 is 1.82 bits per heavy atom. The summed E-state index contributed by atoms with van der Waals surface area (Å²) in [5, 5.41) is 3.37. The molecule has 1 unspecified atom stereocenters. The zero-order chi connectivity index (χ0) is 20.3. The monoisotopic (exact) mass is 400 g/mol. The number of ketones is 1. The van der Waals surface area contributed by atoms with Crippen LogP contribution in [0.15, 0.2) is 48.5 Å². The third-order valence-electron chi connectivity index (χ3n) is 4.88. The number of carbonyl (C=O) groups excluding carboxylic acids is 3. The molecule has 2 aromatic carbocycles. The molecule has 1 atom stereocenters. The van der Waals surface area contributed by atoms with Gasteiger partial charge in [0, 0.05) is 5.02 Å². The number of carbonyl (C=O) groups is 3. The molecule has 1 saturated heterocycles. The predicted octanol–water partition coefficient (Wildman–Crippen LogP) is 3.78. The number of ether oxygens (including phenoxy) is 1. The highest BCUT2D eigenvalue weighted by Gasteiger charge is 2.51. The summed E-state index contributed by atoms with van der Waals surface area (Å²) in [5.74, 6) is -0.00869. The van der Waals surface area contributed by atoms with Crippen molar-refractivity contribution in [3.8, 4) is 5.75 Å². The topological polar surface area (TPSA) is 75.7 Å². The summed E-state index contributed by atoms with van der Waals surface area (Å²) in [6.07, 6.45) is 0.406. The first-order valence-electron chi connectivity index (χ1n) is 9.02. The summed E-state index contributed by atoms with van der Waals surface area (Å²) in [6.45, 7) is 3.47. The fraction of sp³-hybridized carbons (Fsp3) is 0.286. The molecule has 6 nitrogen and oxygen atoms in total. The molecule has 7 heteroatoms. The number of halogens is 1. The first-order chi connectivity index (χ1) is 13.4. The van der Waals surface area contributed by atoms with Gasteiger partial charge in [-0.15, -0.1) is 0 Å². The molecule has 0 saturated carbocycles. The van der Waals surface area contributed by atoms with Crippen molar-refractivity contribution in [2.24, 2.45) is 0 Å². The SMILES string of the molecule is CCC1(c2ccc(Cl)cc2)NC(=O)N(CCOc2ccccc2C(C)=O)C1=O. The second-order valence-electron chi connectivity index (χ2n) is 6.55. The van der Waals surface area contributed by atoms with Crippen molar-refractivity contribution in [3.63, 3.8) is 0 Å². The lowest BCUT2D eigenvalue weighted by atomic mass is 9.87. The van der Waals surface area contributed by atoms with Crippen LogP contribution in [-0.4, -0.2) is 35.8 Å². The second-order valence-corrected chi connectivity index (χ2v) is 6.99. The van der Waals surface area contributed by atoms with Gasteiger partial charge in [-0.25, -0.2) is 4.79 Å². The van der Waals surface area contributed by atoms with E-state index in [4.69, 9.17) is 16.3 Å². The van der Waals surface area contributed by atoms with Gasteiger partial charge < -0.3 is 10.1 Å². The summed E-state index contributed by atoms with van der Waals surface area (Å²) >= 11 is 5.94. The first-order valence-corrected chi connectivity index (χ1v) is 9.39. The summed E-state index contributed by atoms with van der Waals surface area (Å²) in [7, 11) is 0. The summed E-state index contributed by atoms with van der Waals surface area (Å²) in [5.41, 5.74) is 0.0331. The second kappa shape index (κ2) is 8.02. The number of para-hydroxylation sites is 1. The van der Waals surface area contributed by atoms with E-state index in [0.717, 1.165) is 4.90 Å². The third-order valence-corrected chi connectivity index (χ3v) is 5.13. The van der Waals surface area contributed by atoms with Crippen molar-refractivity contribution in [2.75, 3.05) is 13.2 Å². The van der Waals surface area contributed by atoms with Crippen LogP contribution in [-0.2, 0) is 10.3 Å². The highest BCUT2D eigenvalue weighted by atomic mass is 35.5. The van der Waals surface area contributed by atoms with Gasteiger partial charge in [0.1, 0.15) is 17.9 Å².